The van der Waals surface area contributed by atoms with Crippen molar-refractivity contribution in [3.8, 4) is 0 Å². The van der Waals surface area contributed by atoms with Crippen LogP contribution >= 0.6 is 11.6 Å². The molecule has 0 radical (unpaired) electrons. The lowest BCUT2D eigenvalue weighted by Gasteiger charge is -2.19. The molecule has 0 bridgehead atoms. The van der Waals surface area contributed by atoms with Crippen molar-refractivity contribution in [1.82, 2.24) is 10.3 Å². The number of carbonyl (C=O) groups is 1. The molecule has 1 heterocycles. The first kappa shape index (κ1) is 18.0. The van der Waals surface area contributed by atoms with Crippen molar-refractivity contribution in [1.29, 1.82) is 0 Å². The molecule has 0 atom stereocenters. The van der Waals surface area contributed by atoms with Crippen LogP contribution in [0.4, 0.5) is 4.79 Å². The number of rotatable bonds is 4. The highest BCUT2D eigenvalue weighted by Gasteiger charge is 2.15. The van der Waals surface area contributed by atoms with Crippen molar-refractivity contribution in [2.24, 2.45) is 0 Å². The summed E-state index contributed by atoms with van der Waals surface area (Å²) in [5.41, 5.74) is 2.41. The molecule has 0 fully saturated rings. The maximum absolute atomic E-state index is 11.6. The van der Waals surface area contributed by atoms with E-state index in [-0.39, 0.29) is 0 Å². The summed E-state index contributed by atoms with van der Waals surface area (Å²) in [6.07, 6.45) is 5.13. The Kier molecular flexibility index (Phi) is 5.99. The third-order valence-electron chi connectivity index (χ3n) is 3.06. The fraction of sp³-hybridized carbons (Fsp3) is 0.263. The Labute approximate surface area is 147 Å². The molecule has 0 saturated heterocycles. The van der Waals surface area contributed by atoms with Gasteiger partial charge in [0.05, 0.1) is 0 Å². The fourth-order valence-electron chi connectivity index (χ4n) is 1.94. The van der Waals surface area contributed by atoms with E-state index in [1.165, 1.54) is 0 Å². The molecule has 5 heteroatoms. The first-order valence-electron chi connectivity index (χ1n) is 7.68. The van der Waals surface area contributed by atoms with Crippen molar-refractivity contribution in [2.45, 2.75) is 32.9 Å². The Morgan fingerprint density at radius 1 is 1.21 bits per heavy atom. The summed E-state index contributed by atoms with van der Waals surface area (Å²) in [5, 5.41) is 3.21. The first-order chi connectivity index (χ1) is 11.3. The van der Waals surface area contributed by atoms with Gasteiger partial charge in [-0.1, -0.05) is 54.1 Å². The number of ether oxygens (including phenoxy) is 1. The molecule has 1 N–H and O–H groups in total. The fourth-order valence-corrected chi connectivity index (χ4v) is 2.13. The molecule has 126 valence electrons. The topological polar surface area (TPSA) is 51.2 Å². The smallest absolute Gasteiger partial charge is 0.407 e. The minimum atomic E-state index is -0.494. The summed E-state index contributed by atoms with van der Waals surface area (Å²) in [6, 6.07) is 11.6. The number of hydrogen-bond acceptors (Lipinski definition) is 3. The van der Waals surface area contributed by atoms with Crippen LogP contribution in [-0.2, 0) is 11.3 Å². The molecule has 2 aromatic rings. The summed E-state index contributed by atoms with van der Waals surface area (Å²) < 4.78 is 5.20. The van der Waals surface area contributed by atoms with Crippen molar-refractivity contribution in [3.05, 3.63) is 64.4 Å². The lowest BCUT2D eigenvalue weighted by Crippen LogP contribution is -2.32. The average Bonchev–Trinajstić information content (AvgIpc) is 2.51. The molecule has 1 aromatic heterocycles. The molecular weight excluding hydrogens is 324 g/mol. The van der Waals surface area contributed by atoms with E-state index in [1.54, 1.807) is 6.20 Å². The lowest BCUT2D eigenvalue weighted by molar-refractivity contribution is 0.0523. The van der Waals surface area contributed by atoms with Gasteiger partial charge in [-0.3, -0.25) is 0 Å². The molecule has 1 amide bonds. The van der Waals surface area contributed by atoms with Gasteiger partial charge >= 0.3 is 6.09 Å². The van der Waals surface area contributed by atoms with Crippen molar-refractivity contribution in [2.75, 3.05) is 0 Å². The monoisotopic (exact) mass is 344 g/mol. The normalized spacial score (nSPS) is 11.5. The van der Waals surface area contributed by atoms with Crippen LogP contribution in [0.2, 0.25) is 5.15 Å². The zero-order chi connectivity index (χ0) is 17.6. The largest absolute Gasteiger partial charge is 0.444 e. The minimum Gasteiger partial charge on any atom is -0.444 e. The Balaban J connectivity index is 1.91. The predicted molar refractivity (Wildman–Crippen MR) is 97.7 cm³/mol. The Morgan fingerprint density at radius 3 is 2.54 bits per heavy atom. The third-order valence-corrected chi connectivity index (χ3v) is 3.37. The van der Waals surface area contributed by atoms with E-state index in [4.69, 9.17) is 16.3 Å². The Morgan fingerprint density at radius 2 is 1.92 bits per heavy atom. The van der Waals surface area contributed by atoms with Crippen molar-refractivity contribution >= 4 is 29.8 Å². The number of aromatic nitrogens is 1. The molecule has 0 aliphatic rings. The molecule has 4 nitrogen and oxygen atoms in total. The van der Waals surface area contributed by atoms with Gasteiger partial charge in [-0.05, 0) is 38.0 Å². The number of amides is 1. The van der Waals surface area contributed by atoms with Crippen LogP contribution in [0.25, 0.3) is 12.2 Å². The number of nitrogens with one attached hydrogen (secondary N) is 1. The zero-order valence-corrected chi connectivity index (χ0v) is 14.8. The third kappa shape index (κ3) is 6.05. The van der Waals surface area contributed by atoms with E-state index in [0.29, 0.717) is 11.7 Å². The van der Waals surface area contributed by atoms with Gasteiger partial charge in [0.15, 0.2) is 0 Å². The van der Waals surface area contributed by atoms with Gasteiger partial charge in [-0.2, -0.15) is 0 Å². The molecule has 0 saturated carbocycles. The maximum atomic E-state index is 11.6. The molecule has 0 aliphatic heterocycles. The van der Waals surface area contributed by atoms with Gasteiger partial charge < -0.3 is 10.1 Å². The number of halogens is 1. The summed E-state index contributed by atoms with van der Waals surface area (Å²) in [7, 11) is 0. The van der Waals surface area contributed by atoms with Crippen LogP contribution in [0.5, 0.6) is 0 Å². The van der Waals surface area contributed by atoms with Crippen molar-refractivity contribution in [3.63, 3.8) is 0 Å². The molecule has 0 aliphatic carbocycles. The summed E-state index contributed by atoms with van der Waals surface area (Å²) in [4.78, 5) is 15.7. The van der Waals surface area contributed by atoms with Gasteiger partial charge in [-0.25, -0.2) is 9.78 Å². The van der Waals surface area contributed by atoms with Gasteiger partial charge in [0.1, 0.15) is 10.8 Å². The SMILES string of the molecule is CC(C)(C)OC(=O)NCc1ccc(/C=C/c2cccnc2Cl)cc1. The second-order valence-corrected chi connectivity index (χ2v) is 6.67. The van der Waals surface area contributed by atoms with E-state index < -0.39 is 11.7 Å². The van der Waals surface area contributed by atoms with Crippen LogP contribution in [0, 0.1) is 0 Å². The highest BCUT2D eigenvalue weighted by molar-refractivity contribution is 6.30. The highest BCUT2D eigenvalue weighted by Crippen LogP contribution is 2.15. The average molecular weight is 345 g/mol. The number of carbonyl (C=O) groups excluding carboxylic acids is 1. The molecule has 24 heavy (non-hydrogen) atoms. The van der Waals surface area contributed by atoms with Gasteiger partial charge in [0.25, 0.3) is 0 Å². The van der Waals surface area contributed by atoms with E-state index >= 15 is 0 Å². The van der Waals surface area contributed by atoms with Crippen LogP contribution < -0.4 is 5.32 Å². The zero-order valence-electron chi connectivity index (χ0n) is 14.0. The van der Waals surface area contributed by atoms with Crippen LogP contribution in [0.3, 0.4) is 0 Å². The van der Waals surface area contributed by atoms with Crippen molar-refractivity contribution < 1.29 is 9.53 Å². The molecular formula is C19H21ClN2O2. The maximum Gasteiger partial charge on any atom is 0.407 e. The Bertz CT molecular complexity index is 719. The van der Waals surface area contributed by atoms with Gasteiger partial charge in [0.2, 0.25) is 0 Å². The minimum absolute atomic E-state index is 0.419. The molecule has 2 rings (SSSR count). The predicted octanol–water partition coefficient (Wildman–Crippen LogP) is 4.93. The molecule has 0 spiro atoms. The number of pyridine rings is 1. The second kappa shape index (κ2) is 7.97. The van der Waals surface area contributed by atoms with E-state index in [2.05, 4.69) is 10.3 Å². The second-order valence-electron chi connectivity index (χ2n) is 6.31. The van der Waals surface area contributed by atoms with Crippen LogP contribution in [-0.4, -0.2) is 16.7 Å². The number of alkyl carbamates (subject to hydrolysis) is 1. The Hall–Kier alpha value is -2.33. The summed E-state index contributed by atoms with van der Waals surface area (Å²) in [6.45, 7) is 5.93. The summed E-state index contributed by atoms with van der Waals surface area (Å²) >= 11 is 6.02. The lowest BCUT2D eigenvalue weighted by atomic mass is 10.1. The first-order valence-corrected chi connectivity index (χ1v) is 8.06. The quantitative estimate of drug-likeness (QED) is 0.800. The van der Waals surface area contributed by atoms with Gasteiger partial charge in [0, 0.05) is 18.3 Å². The van der Waals surface area contributed by atoms with E-state index in [9.17, 15) is 4.79 Å². The standard InChI is InChI=1S/C19H21ClN2O2/c1-19(2,3)24-18(23)22-13-15-8-6-14(7-9-15)10-11-16-5-4-12-21-17(16)20/h4-12H,13H2,1-3H3,(H,22,23)/b11-10+. The number of nitrogens with zero attached hydrogens (tertiary/aromatic N) is 1. The van der Waals surface area contributed by atoms with Crippen LogP contribution in [0.1, 0.15) is 37.5 Å². The molecule has 0 unspecified atom stereocenters. The number of benzene rings is 1. The van der Waals surface area contributed by atoms with Gasteiger partial charge in [-0.15, -0.1) is 0 Å². The molecule has 1 aromatic carbocycles. The highest BCUT2D eigenvalue weighted by atomic mass is 35.5. The van der Waals surface area contributed by atoms with Crippen LogP contribution in [0.15, 0.2) is 42.6 Å². The summed E-state index contributed by atoms with van der Waals surface area (Å²) in [5.74, 6) is 0. The van der Waals surface area contributed by atoms with E-state index in [0.717, 1.165) is 16.7 Å². The van der Waals surface area contributed by atoms with E-state index in [1.807, 2.05) is 69.3 Å². The number of hydrogen-bond donors (Lipinski definition) is 1.